The van der Waals surface area contributed by atoms with E-state index in [0.29, 0.717) is 11.5 Å². The van der Waals surface area contributed by atoms with Gasteiger partial charge in [-0.3, -0.25) is 4.79 Å². The number of rotatable bonds is 5. The zero-order valence-electron chi connectivity index (χ0n) is 15.8. The first-order valence-electron chi connectivity index (χ1n) is 8.26. The molecular weight excluding hydrogens is 377 g/mol. The molecule has 1 aliphatic heterocycles. The van der Waals surface area contributed by atoms with Crippen molar-refractivity contribution >= 4 is 36.0 Å². The molecule has 1 aliphatic rings. The molecule has 1 heterocycles. The lowest BCUT2D eigenvalue weighted by molar-refractivity contribution is -0.109. The van der Waals surface area contributed by atoms with E-state index in [2.05, 4.69) is 0 Å². The summed E-state index contributed by atoms with van der Waals surface area (Å²) in [6.07, 6.45) is 1.35. The summed E-state index contributed by atoms with van der Waals surface area (Å²) < 4.78 is 39.7. The molecule has 27 heavy (non-hydrogen) atoms. The second-order valence-electron chi connectivity index (χ2n) is 7.25. The lowest BCUT2D eigenvalue weighted by atomic mass is 9.78. The Morgan fingerprint density at radius 1 is 1.15 bits per heavy atom. The molecule has 1 saturated heterocycles. The zero-order valence-corrected chi connectivity index (χ0v) is 16.6. The van der Waals surface area contributed by atoms with E-state index < -0.39 is 41.5 Å². The molecule has 9 heteroatoms. The third-order valence-corrected chi connectivity index (χ3v) is 5.54. The fourth-order valence-corrected chi connectivity index (χ4v) is 2.99. The molecule has 2 rings (SSSR count). The zero-order chi connectivity index (χ0) is 20.6. The highest BCUT2D eigenvalue weighted by Crippen LogP contribution is 2.39. The molecule has 0 bridgehead atoms. The first-order chi connectivity index (χ1) is 12.3. The Labute approximate surface area is 161 Å². The average Bonchev–Trinajstić information content (AvgIpc) is 2.72. The lowest BCUT2D eigenvalue weighted by Gasteiger charge is -2.32. The Morgan fingerprint density at radius 2 is 1.70 bits per heavy atom. The Hall–Kier alpha value is -1.71. The van der Waals surface area contributed by atoms with Crippen LogP contribution < -0.4 is 0 Å². The van der Waals surface area contributed by atoms with E-state index in [1.165, 1.54) is 13.0 Å². The van der Waals surface area contributed by atoms with E-state index in [4.69, 9.17) is 14.4 Å². The number of carboxylic acid groups (broad SMARTS) is 1. The summed E-state index contributed by atoms with van der Waals surface area (Å²) >= 11 is 0.985. The second kappa shape index (κ2) is 7.73. The first kappa shape index (κ1) is 21.6. The van der Waals surface area contributed by atoms with Crippen LogP contribution in [0.2, 0.25) is 0 Å². The molecule has 0 radical (unpaired) electrons. The van der Waals surface area contributed by atoms with Gasteiger partial charge in [-0.1, -0.05) is 17.8 Å². The highest BCUT2D eigenvalue weighted by atomic mass is 32.2. The van der Waals surface area contributed by atoms with Crippen LogP contribution in [0.1, 0.15) is 50.5 Å². The van der Waals surface area contributed by atoms with Crippen molar-refractivity contribution in [2.24, 2.45) is 0 Å². The van der Waals surface area contributed by atoms with Crippen molar-refractivity contribution in [2.45, 2.75) is 45.8 Å². The van der Waals surface area contributed by atoms with Gasteiger partial charge in [0, 0.05) is 24.3 Å². The van der Waals surface area contributed by atoms with Crippen molar-refractivity contribution in [3.63, 3.8) is 0 Å². The van der Waals surface area contributed by atoms with Gasteiger partial charge in [-0.25, -0.2) is 13.6 Å². The molecule has 0 unspecified atom stereocenters. The number of thioether (sulfide) groups is 1. The topological polar surface area (TPSA) is 72.8 Å². The van der Waals surface area contributed by atoms with Crippen molar-refractivity contribution < 1.29 is 32.8 Å². The second-order valence-corrected chi connectivity index (χ2v) is 8.40. The molecular formula is C18H21BF2O5S. The number of hydrogen-bond donors (Lipinski definition) is 1. The van der Waals surface area contributed by atoms with Gasteiger partial charge in [-0.05, 0) is 39.2 Å². The van der Waals surface area contributed by atoms with Gasteiger partial charge in [0.15, 0.2) is 5.12 Å². The normalized spacial score (nSPS) is 18.6. The van der Waals surface area contributed by atoms with Gasteiger partial charge in [0.25, 0.3) is 0 Å². The van der Waals surface area contributed by atoms with Gasteiger partial charge in [0.2, 0.25) is 0 Å². The maximum Gasteiger partial charge on any atom is 0.491 e. The van der Waals surface area contributed by atoms with Gasteiger partial charge < -0.3 is 14.4 Å². The smallest absolute Gasteiger partial charge is 0.478 e. The van der Waals surface area contributed by atoms with Crippen LogP contribution in [0.15, 0.2) is 17.6 Å². The monoisotopic (exact) mass is 398 g/mol. The summed E-state index contributed by atoms with van der Waals surface area (Å²) in [6, 6.07) is 1.44. The van der Waals surface area contributed by atoms with E-state index in [-0.39, 0.29) is 16.4 Å². The van der Waals surface area contributed by atoms with Crippen LogP contribution in [0.3, 0.4) is 0 Å². The molecule has 5 nitrogen and oxygen atoms in total. The van der Waals surface area contributed by atoms with E-state index in [9.17, 15) is 18.4 Å². The summed E-state index contributed by atoms with van der Waals surface area (Å²) in [5.74, 6) is -3.42. The predicted molar refractivity (Wildman–Crippen MR) is 101 cm³/mol. The number of benzene rings is 1. The molecule has 0 aromatic heterocycles. The maximum atomic E-state index is 14.2. The lowest BCUT2D eigenvalue weighted by Crippen LogP contribution is -2.41. The van der Waals surface area contributed by atoms with Crippen LogP contribution in [-0.4, -0.2) is 40.3 Å². The molecule has 146 valence electrons. The van der Waals surface area contributed by atoms with E-state index >= 15 is 0 Å². The summed E-state index contributed by atoms with van der Waals surface area (Å²) in [5.41, 5.74) is -1.62. The predicted octanol–water partition coefficient (Wildman–Crippen LogP) is 3.96. The number of aromatic carboxylic acids is 1. The Bertz CT molecular complexity index is 791. The minimum Gasteiger partial charge on any atom is -0.478 e. The van der Waals surface area contributed by atoms with Gasteiger partial charge in [0.05, 0.1) is 16.8 Å². The van der Waals surface area contributed by atoms with Crippen LogP contribution >= 0.6 is 11.8 Å². The molecule has 1 aromatic carbocycles. The number of carbonyl (C=O) groups excluding carboxylic acids is 1. The van der Waals surface area contributed by atoms with Crippen LogP contribution in [0.25, 0.3) is 6.08 Å². The van der Waals surface area contributed by atoms with Gasteiger partial charge >= 0.3 is 13.1 Å². The van der Waals surface area contributed by atoms with Gasteiger partial charge in [0.1, 0.15) is 11.6 Å². The Kier molecular flexibility index (Phi) is 6.18. The average molecular weight is 398 g/mol. The SMILES string of the molecule is CC(=O)SCC(=Cc1cc(C(=O)O)c(F)cc1F)B1OC(C)(C)C(C)(C)O1. The van der Waals surface area contributed by atoms with Crippen LogP contribution in [0, 0.1) is 11.6 Å². The third-order valence-electron chi connectivity index (χ3n) is 4.66. The minimum atomic E-state index is -1.50. The molecule has 0 atom stereocenters. The Balaban J connectivity index is 2.47. The number of carbonyl (C=O) groups is 2. The minimum absolute atomic E-state index is 0.123. The summed E-state index contributed by atoms with van der Waals surface area (Å²) in [4.78, 5) is 22.5. The largest absolute Gasteiger partial charge is 0.491 e. The molecule has 0 aliphatic carbocycles. The third kappa shape index (κ3) is 4.77. The highest BCUT2D eigenvalue weighted by Gasteiger charge is 2.52. The first-order valence-corrected chi connectivity index (χ1v) is 9.24. The summed E-state index contributed by atoms with van der Waals surface area (Å²) in [6.45, 7) is 8.80. The van der Waals surface area contributed by atoms with Crippen LogP contribution in [0.5, 0.6) is 0 Å². The fourth-order valence-electron chi connectivity index (χ4n) is 2.40. The molecule has 0 spiro atoms. The standard InChI is InChI=1S/C18H21BF2O5S/c1-10(22)27-9-12(19-25-17(2,3)18(4,5)26-19)6-11-7-13(16(23)24)15(21)8-14(11)20/h6-8H,9H2,1-5H3,(H,23,24). The van der Waals surface area contributed by atoms with Crippen LogP contribution in [0.4, 0.5) is 8.78 Å². The fraction of sp³-hybridized carbons (Fsp3) is 0.444. The quantitative estimate of drug-likeness (QED) is 0.758. The van der Waals surface area contributed by atoms with Crippen molar-refractivity contribution in [1.29, 1.82) is 0 Å². The van der Waals surface area contributed by atoms with E-state index in [1.807, 2.05) is 27.7 Å². The van der Waals surface area contributed by atoms with Gasteiger partial charge in [-0.15, -0.1) is 0 Å². The van der Waals surface area contributed by atoms with Crippen LogP contribution in [-0.2, 0) is 14.1 Å². The molecule has 0 saturated carbocycles. The molecule has 0 amide bonds. The molecule has 1 fully saturated rings. The number of hydrogen-bond acceptors (Lipinski definition) is 5. The van der Waals surface area contributed by atoms with E-state index in [1.54, 1.807) is 0 Å². The molecule has 1 aromatic rings. The molecule has 1 N–H and O–H groups in total. The summed E-state index contributed by atoms with van der Waals surface area (Å²) in [5, 5.41) is 8.91. The van der Waals surface area contributed by atoms with E-state index in [0.717, 1.165) is 17.8 Å². The maximum absolute atomic E-state index is 14.2. The van der Waals surface area contributed by atoms with Gasteiger partial charge in [-0.2, -0.15) is 0 Å². The van der Waals surface area contributed by atoms with Crippen molar-refractivity contribution in [1.82, 2.24) is 0 Å². The summed E-state index contributed by atoms with van der Waals surface area (Å²) in [7, 11) is -0.848. The highest BCUT2D eigenvalue weighted by molar-refractivity contribution is 8.13. The number of halogens is 2. The Morgan fingerprint density at radius 3 is 2.19 bits per heavy atom. The van der Waals surface area contributed by atoms with Crippen molar-refractivity contribution in [3.8, 4) is 0 Å². The number of carboxylic acids is 1. The van der Waals surface area contributed by atoms with Crippen molar-refractivity contribution in [2.75, 3.05) is 5.75 Å². The van der Waals surface area contributed by atoms with Crippen molar-refractivity contribution in [3.05, 3.63) is 40.4 Å².